The molecule has 34 heavy (non-hydrogen) atoms. The number of aromatic amines is 1. The van der Waals surface area contributed by atoms with E-state index in [1.54, 1.807) is 4.90 Å². The average Bonchev–Trinajstić information content (AvgIpc) is 3.52. The van der Waals surface area contributed by atoms with E-state index in [1.807, 2.05) is 6.92 Å². The van der Waals surface area contributed by atoms with Gasteiger partial charge in [-0.15, -0.1) is 0 Å². The minimum Gasteiger partial charge on any atom is -0.383 e. The number of benzene rings is 1. The number of amides is 1. The molecule has 0 unspecified atom stereocenters. The van der Waals surface area contributed by atoms with Crippen molar-refractivity contribution in [1.82, 2.24) is 14.5 Å². The normalized spacial score (nSPS) is 16.3. The summed E-state index contributed by atoms with van der Waals surface area (Å²) in [5.41, 5.74) is 7.83. The molecule has 3 N–H and O–H groups in total. The number of H-pyrrole nitrogens is 1. The number of nitrogen functional groups attached to an aromatic ring is 1. The number of unbranched alkanes of at least 4 members (excludes halogenated alkanes) is 1. The number of aryl methyl sites for hydroxylation is 1. The lowest BCUT2D eigenvalue weighted by Crippen LogP contribution is -2.49. The van der Waals surface area contributed by atoms with Gasteiger partial charge in [0.05, 0.1) is 6.54 Å². The van der Waals surface area contributed by atoms with Crippen molar-refractivity contribution in [3.05, 3.63) is 56.2 Å². The van der Waals surface area contributed by atoms with Crippen LogP contribution in [0.25, 0.3) is 0 Å². The van der Waals surface area contributed by atoms with E-state index in [2.05, 4.69) is 41.1 Å². The van der Waals surface area contributed by atoms with E-state index < -0.39 is 11.2 Å². The molecule has 0 bridgehead atoms. The minimum atomic E-state index is -0.577. The SMILES string of the molecule is CCCCn1c(N)c(N(C(=O)CN(Cc2ccc(C)cc2)C2CC2)C2CCCC2)c(=O)[nH]c1=O. The number of nitrogens with one attached hydrogen (secondary N) is 1. The maximum absolute atomic E-state index is 13.8. The van der Waals surface area contributed by atoms with Gasteiger partial charge in [0.15, 0.2) is 5.69 Å². The van der Waals surface area contributed by atoms with Gasteiger partial charge >= 0.3 is 5.69 Å². The minimum absolute atomic E-state index is 0.0755. The van der Waals surface area contributed by atoms with Gasteiger partial charge in [0, 0.05) is 25.2 Å². The lowest BCUT2D eigenvalue weighted by Gasteiger charge is -2.32. The fourth-order valence-corrected chi connectivity index (χ4v) is 4.95. The van der Waals surface area contributed by atoms with Gasteiger partial charge in [-0.05, 0) is 44.6 Å². The predicted octanol–water partition coefficient (Wildman–Crippen LogP) is 3.17. The lowest BCUT2D eigenvalue weighted by atomic mass is 10.1. The molecule has 0 aliphatic heterocycles. The summed E-state index contributed by atoms with van der Waals surface area (Å²) >= 11 is 0. The molecule has 8 heteroatoms. The van der Waals surface area contributed by atoms with Gasteiger partial charge in [-0.3, -0.25) is 24.0 Å². The second kappa shape index (κ2) is 10.6. The second-order valence-corrected chi connectivity index (χ2v) is 9.82. The highest BCUT2D eigenvalue weighted by molar-refractivity contribution is 5.97. The van der Waals surface area contributed by atoms with Crippen molar-refractivity contribution < 1.29 is 4.79 Å². The van der Waals surface area contributed by atoms with Crippen LogP contribution in [-0.4, -0.2) is 39.0 Å². The molecule has 0 saturated heterocycles. The van der Waals surface area contributed by atoms with Crippen LogP contribution in [0.2, 0.25) is 0 Å². The monoisotopic (exact) mass is 467 g/mol. The number of hydrogen-bond donors (Lipinski definition) is 2. The van der Waals surface area contributed by atoms with Crippen molar-refractivity contribution in [3.8, 4) is 0 Å². The molecule has 184 valence electrons. The Balaban J connectivity index is 1.65. The van der Waals surface area contributed by atoms with Crippen molar-refractivity contribution in [2.45, 2.75) is 90.4 Å². The van der Waals surface area contributed by atoms with Gasteiger partial charge in [0.2, 0.25) is 5.91 Å². The summed E-state index contributed by atoms with van der Waals surface area (Å²) in [6.45, 7) is 5.42. The molecule has 1 amide bonds. The maximum atomic E-state index is 13.8. The summed E-state index contributed by atoms with van der Waals surface area (Å²) in [6.07, 6.45) is 7.50. The van der Waals surface area contributed by atoms with Gasteiger partial charge in [-0.25, -0.2) is 4.79 Å². The molecule has 2 aliphatic rings. The fraction of sp³-hybridized carbons (Fsp3) is 0.577. The zero-order valence-corrected chi connectivity index (χ0v) is 20.4. The Morgan fingerprint density at radius 1 is 1.09 bits per heavy atom. The molecule has 1 aromatic carbocycles. The van der Waals surface area contributed by atoms with Crippen molar-refractivity contribution in [2.75, 3.05) is 17.2 Å². The highest BCUT2D eigenvalue weighted by atomic mass is 16.2. The first-order valence-electron chi connectivity index (χ1n) is 12.6. The first-order chi connectivity index (χ1) is 16.4. The zero-order chi connectivity index (χ0) is 24.2. The third-order valence-corrected chi connectivity index (χ3v) is 7.06. The fourth-order valence-electron chi connectivity index (χ4n) is 4.95. The molecule has 0 atom stereocenters. The highest BCUT2D eigenvalue weighted by Gasteiger charge is 2.36. The molecular formula is C26H37N5O3. The summed E-state index contributed by atoms with van der Waals surface area (Å²) < 4.78 is 1.40. The Labute approximate surface area is 200 Å². The van der Waals surface area contributed by atoms with Gasteiger partial charge < -0.3 is 10.6 Å². The number of carbonyl (C=O) groups excluding carboxylic acids is 1. The Morgan fingerprint density at radius 2 is 1.76 bits per heavy atom. The molecule has 8 nitrogen and oxygen atoms in total. The number of carbonyl (C=O) groups is 1. The van der Waals surface area contributed by atoms with Crippen LogP contribution in [0, 0.1) is 6.92 Å². The molecule has 4 rings (SSSR count). The van der Waals surface area contributed by atoms with Gasteiger partial charge in [0.25, 0.3) is 5.56 Å². The number of aromatic nitrogens is 2. The molecule has 2 saturated carbocycles. The first kappa shape index (κ1) is 24.3. The Morgan fingerprint density at radius 3 is 2.38 bits per heavy atom. The summed E-state index contributed by atoms with van der Waals surface area (Å²) in [4.78, 5) is 45.5. The Hall–Kier alpha value is -2.87. The van der Waals surface area contributed by atoms with Gasteiger partial charge in [-0.2, -0.15) is 0 Å². The van der Waals surface area contributed by atoms with Crippen molar-refractivity contribution in [1.29, 1.82) is 0 Å². The molecule has 1 heterocycles. The number of anilines is 2. The Bertz CT molecular complexity index is 1110. The molecule has 1 aromatic heterocycles. The van der Waals surface area contributed by atoms with Gasteiger partial charge in [0.1, 0.15) is 5.82 Å². The second-order valence-electron chi connectivity index (χ2n) is 9.82. The number of nitrogens with two attached hydrogens (primary N) is 1. The largest absolute Gasteiger partial charge is 0.383 e. The number of hydrogen-bond acceptors (Lipinski definition) is 5. The van der Waals surface area contributed by atoms with Crippen LogP contribution in [0.5, 0.6) is 0 Å². The third kappa shape index (κ3) is 5.43. The Kier molecular flexibility index (Phi) is 7.56. The summed E-state index contributed by atoms with van der Waals surface area (Å²) in [7, 11) is 0. The van der Waals surface area contributed by atoms with Crippen LogP contribution in [0.3, 0.4) is 0 Å². The molecule has 0 spiro atoms. The van der Waals surface area contributed by atoms with E-state index in [0.717, 1.165) is 51.4 Å². The van der Waals surface area contributed by atoms with Crippen LogP contribution in [-0.2, 0) is 17.9 Å². The molecule has 2 aromatic rings. The predicted molar refractivity (Wildman–Crippen MR) is 135 cm³/mol. The topological polar surface area (TPSA) is 104 Å². The summed E-state index contributed by atoms with van der Waals surface area (Å²) in [5.74, 6) is -0.0252. The first-order valence-corrected chi connectivity index (χ1v) is 12.6. The van der Waals surface area contributed by atoms with Crippen LogP contribution in [0.4, 0.5) is 11.5 Å². The molecule has 0 radical (unpaired) electrons. The maximum Gasteiger partial charge on any atom is 0.330 e. The third-order valence-electron chi connectivity index (χ3n) is 7.06. The lowest BCUT2D eigenvalue weighted by molar-refractivity contribution is -0.120. The van der Waals surface area contributed by atoms with Crippen LogP contribution in [0.15, 0.2) is 33.9 Å². The van der Waals surface area contributed by atoms with E-state index in [1.165, 1.54) is 15.7 Å². The van der Waals surface area contributed by atoms with Crippen LogP contribution >= 0.6 is 0 Å². The number of nitrogens with zero attached hydrogens (tertiary/aromatic N) is 3. The smallest absolute Gasteiger partial charge is 0.330 e. The van der Waals surface area contributed by atoms with Crippen LogP contribution < -0.4 is 21.9 Å². The van der Waals surface area contributed by atoms with E-state index >= 15 is 0 Å². The van der Waals surface area contributed by atoms with E-state index in [4.69, 9.17) is 5.73 Å². The standard InChI is InChI=1S/C26H37N5O3/c1-3-4-15-30-24(27)23(25(33)28-26(30)34)31(21-7-5-6-8-21)22(32)17-29(20-13-14-20)16-19-11-9-18(2)10-12-19/h9-12,20-21H,3-8,13-17,27H2,1-2H3,(H,28,33,34). The molecule has 2 fully saturated rings. The van der Waals surface area contributed by atoms with E-state index in [-0.39, 0.29) is 30.0 Å². The van der Waals surface area contributed by atoms with Crippen molar-refractivity contribution >= 4 is 17.4 Å². The summed E-state index contributed by atoms with van der Waals surface area (Å²) in [5, 5.41) is 0. The number of rotatable bonds is 10. The summed E-state index contributed by atoms with van der Waals surface area (Å²) in [6, 6.07) is 8.70. The zero-order valence-electron chi connectivity index (χ0n) is 20.4. The quantitative estimate of drug-likeness (QED) is 0.559. The van der Waals surface area contributed by atoms with E-state index in [0.29, 0.717) is 19.1 Å². The molecular weight excluding hydrogens is 430 g/mol. The highest BCUT2D eigenvalue weighted by Crippen LogP contribution is 2.32. The van der Waals surface area contributed by atoms with Crippen molar-refractivity contribution in [3.63, 3.8) is 0 Å². The van der Waals surface area contributed by atoms with Crippen molar-refractivity contribution in [2.24, 2.45) is 0 Å². The van der Waals surface area contributed by atoms with Crippen LogP contribution in [0.1, 0.15) is 69.4 Å². The van der Waals surface area contributed by atoms with Gasteiger partial charge in [-0.1, -0.05) is 56.0 Å². The average molecular weight is 468 g/mol. The molecule has 2 aliphatic carbocycles. The van der Waals surface area contributed by atoms with E-state index in [9.17, 15) is 14.4 Å².